The molecule has 0 aromatic carbocycles. The van der Waals surface area contributed by atoms with Crippen molar-refractivity contribution in [2.24, 2.45) is 7.05 Å². The van der Waals surface area contributed by atoms with Crippen molar-refractivity contribution in [1.29, 1.82) is 0 Å². The van der Waals surface area contributed by atoms with Crippen LogP contribution in [-0.2, 0) is 13.6 Å². The lowest BCUT2D eigenvalue weighted by atomic mass is 10.2. The Morgan fingerprint density at radius 1 is 1.25 bits per heavy atom. The van der Waals surface area contributed by atoms with Gasteiger partial charge in [0.2, 0.25) is 0 Å². The Kier molecular flexibility index (Phi) is 4.34. The third-order valence-corrected chi connectivity index (χ3v) is 2.59. The molecule has 2 N–H and O–H groups in total. The van der Waals surface area contributed by atoms with E-state index in [-0.39, 0.29) is 16.9 Å². The first-order valence-electron chi connectivity index (χ1n) is 5.64. The summed E-state index contributed by atoms with van der Waals surface area (Å²) >= 11 is 0. The van der Waals surface area contributed by atoms with Crippen molar-refractivity contribution in [3.8, 4) is 0 Å². The van der Waals surface area contributed by atoms with E-state index in [1.165, 1.54) is 15.3 Å². The van der Waals surface area contributed by atoms with Crippen LogP contribution in [0.2, 0.25) is 0 Å². The standard InChI is InChI=1S/C11H19N3O2/c1-3-4-5-6-7-14-10(15)9(12)8-13(2)11(14)16/h8H,3-7,12H2,1-2H3. The van der Waals surface area contributed by atoms with Gasteiger partial charge in [-0.2, -0.15) is 0 Å². The molecule has 16 heavy (non-hydrogen) atoms. The molecule has 0 radical (unpaired) electrons. The van der Waals surface area contributed by atoms with E-state index in [9.17, 15) is 9.59 Å². The Labute approximate surface area is 94.5 Å². The summed E-state index contributed by atoms with van der Waals surface area (Å²) in [5.41, 5.74) is 4.98. The van der Waals surface area contributed by atoms with E-state index in [1.807, 2.05) is 0 Å². The quantitative estimate of drug-likeness (QED) is 0.750. The number of anilines is 1. The summed E-state index contributed by atoms with van der Waals surface area (Å²) in [6, 6.07) is 0. The molecule has 0 fully saturated rings. The summed E-state index contributed by atoms with van der Waals surface area (Å²) in [5, 5.41) is 0. The number of aromatic nitrogens is 2. The molecule has 0 amide bonds. The van der Waals surface area contributed by atoms with Crippen LogP contribution in [0, 0.1) is 0 Å². The van der Waals surface area contributed by atoms with E-state index in [1.54, 1.807) is 7.05 Å². The summed E-state index contributed by atoms with van der Waals surface area (Å²) in [5.74, 6) is 0. The third-order valence-electron chi connectivity index (χ3n) is 2.59. The normalized spacial score (nSPS) is 10.6. The summed E-state index contributed by atoms with van der Waals surface area (Å²) in [6.45, 7) is 2.57. The number of nitrogen functional groups attached to an aromatic ring is 1. The van der Waals surface area contributed by atoms with Gasteiger partial charge in [-0.25, -0.2) is 4.79 Å². The van der Waals surface area contributed by atoms with Crippen molar-refractivity contribution in [1.82, 2.24) is 9.13 Å². The van der Waals surface area contributed by atoms with E-state index >= 15 is 0 Å². The molecule has 0 aliphatic heterocycles. The SMILES string of the molecule is CCCCCCn1c(=O)c(N)cn(C)c1=O. The van der Waals surface area contributed by atoms with Crippen LogP contribution in [0.1, 0.15) is 32.6 Å². The maximum absolute atomic E-state index is 11.7. The minimum absolute atomic E-state index is 0.123. The number of hydrogen-bond donors (Lipinski definition) is 1. The zero-order valence-electron chi connectivity index (χ0n) is 9.90. The molecule has 0 unspecified atom stereocenters. The van der Waals surface area contributed by atoms with Crippen molar-refractivity contribution < 1.29 is 0 Å². The number of nitrogens with zero attached hydrogens (tertiary/aromatic N) is 2. The lowest BCUT2D eigenvalue weighted by molar-refractivity contribution is 0.534. The lowest BCUT2D eigenvalue weighted by Gasteiger charge is -2.07. The highest BCUT2D eigenvalue weighted by atomic mass is 16.2. The van der Waals surface area contributed by atoms with Crippen LogP contribution in [0.4, 0.5) is 5.69 Å². The molecule has 1 rings (SSSR count). The van der Waals surface area contributed by atoms with Gasteiger partial charge >= 0.3 is 5.69 Å². The van der Waals surface area contributed by atoms with Crippen molar-refractivity contribution >= 4 is 5.69 Å². The monoisotopic (exact) mass is 225 g/mol. The Hall–Kier alpha value is -1.52. The van der Waals surface area contributed by atoms with Crippen LogP contribution >= 0.6 is 0 Å². The second-order valence-corrected chi connectivity index (χ2v) is 4.00. The van der Waals surface area contributed by atoms with Crippen molar-refractivity contribution in [3.63, 3.8) is 0 Å². The molecule has 5 nitrogen and oxygen atoms in total. The van der Waals surface area contributed by atoms with Crippen molar-refractivity contribution in [3.05, 3.63) is 27.0 Å². The van der Waals surface area contributed by atoms with E-state index in [4.69, 9.17) is 5.73 Å². The molecular formula is C11H19N3O2. The summed E-state index contributed by atoms with van der Waals surface area (Å²) in [4.78, 5) is 23.3. The van der Waals surface area contributed by atoms with E-state index < -0.39 is 0 Å². The zero-order chi connectivity index (χ0) is 12.1. The maximum Gasteiger partial charge on any atom is 0.330 e. The fraction of sp³-hybridized carbons (Fsp3) is 0.636. The summed E-state index contributed by atoms with van der Waals surface area (Å²) < 4.78 is 2.56. The van der Waals surface area contributed by atoms with Crippen LogP contribution < -0.4 is 17.0 Å². The van der Waals surface area contributed by atoms with Gasteiger partial charge in [-0.1, -0.05) is 26.2 Å². The second kappa shape index (κ2) is 5.53. The molecule has 0 saturated heterocycles. The number of unbranched alkanes of at least 4 members (excludes halogenated alkanes) is 3. The lowest BCUT2D eigenvalue weighted by Crippen LogP contribution is -2.39. The Bertz CT molecular complexity index is 425. The number of rotatable bonds is 5. The molecule has 0 atom stereocenters. The van der Waals surface area contributed by atoms with Gasteiger partial charge in [0.05, 0.1) is 0 Å². The van der Waals surface area contributed by atoms with Crippen LogP contribution in [0.3, 0.4) is 0 Å². The van der Waals surface area contributed by atoms with Gasteiger partial charge in [0.25, 0.3) is 5.56 Å². The molecule has 0 aliphatic rings. The van der Waals surface area contributed by atoms with Crippen LogP contribution in [0.5, 0.6) is 0 Å². The van der Waals surface area contributed by atoms with Crippen molar-refractivity contribution in [2.45, 2.75) is 39.2 Å². The Balaban J connectivity index is 2.87. The second-order valence-electron chi connectivity index (χ2n) is 4.00. The van der Waals surface area contributed by atoms with Gasteiger partial charge in [-0.15, -0.1) is 0 Å². The van der Waals surface area contributed by atoms with Crippen LogP contribution in [0.15, 0.2) is 15.8 Å². The Morgan fingerprint density at radius 3 is 2.56 bits per heavy atom. The number of hydrogen-bond acceptors (Lipinski definition) is 3. The predicted molar refractivity (Wildman–Crippen MR) is 64.5 cm³/mol. The van der Waals surface area contributed by atoms with Gasteiger partial charge in [-0.05, 0) is 6.42 Å². The van der Waals surface area contributed by atoms with Crippen LogP contribution in [-0.4, -0.2) is 9.13 Å². The average molecular weight is 225 g/mol. The minimum atomic E-state index is -0.375. The average Bonchev–Trinajstić information content (AvgIpc) is 2.25. The fourth-order valence-electron chi connectivity index (χ4n) is 1.65. The Morgan fingerprint density at radius 2 is 1.94 bits per heavy atom. The smallest absolute Gasteiger partial charge is 0.330 e. The zero-order valence-corrected chi connectivity index (χ0v) is 9.90. The highest BCUT2D eigenvalue weighted by Gasteiger charge is 2.06. The molecule has 1 aromatic rings. The fourth-order valence-corrected chi connectivity index (χ4v) is 1.65. The molecule has 0 saturated carbocycles. The van der Waals surface area contributed by atoms with Crippen molar-refractivity contribution in [2.75, 3.05) is 5.73 Å². The molecule has 5 heteroatoms. The molecular weight excluding hydrogens is 206 g/mol. The van der Waals surface area contributed by atoms with Gasteiger partial charge in [0.1, 0.15) is 5.69 Å². The maximum atomic E-state index is 11.7. The molecule has 90 valence electrons. The topological polar surface area (TPSA) is 70.0 Å². The van der Waals surface area contributed by atoms with Gasteiger partial charge < -0.3 is 10.3 Å². The highest BCUT2D eigenvalue weighted by molar-refractivity contribution is 5.30. The summed E-state index contributed by atoms with van der Waals surface area (Å²) in [7, 11) is 1.60. The molecule has 0 spiro atoms. The first kappa shape index (κ1) is 12.5. The molecule has 0 aliphatic carbocycles. The van der Waals surface area contributed by atoms with Gasteiger partial charge in [0, 0.05) is 19.8 Å². The first-order valence-corrected chi connectivity index (χ1v) is 5.64. The summed E-state index contributed by atoms with van der Waals surface area (Å²) in [6.07, 6.45) is 5.49. The largest absolute Gasteiger partial charge is 0.393 e. The number of aryl methyl sites for hydroxylation is 1. The highest BCUT2D eigenvalue weighted by Crippen LogP contribution is 1.99. The first-order chi connectivity index (χ1) is 7.57. The van der Waals surface area contributed by atoms with E-state index in [0.29, 0.717) is 6.54 Å². The molecule has 1 aromatic heterocycles. The van der Waals surface area contributed by atoms with Crippen LogP contribution in [0.25, 0.3) is 0 Å². The van der Waals surface area contributed by atoms with E-state index in [2.05, 4.69) is 6.92 Å². The number of nitrogens with two attached hydrogens (primary N) is 1. The minimum Gasteiger partial charge on any atom is -0.393 e. The van der Waals surface area contributed by atoms with Gasteiger partial charge in [-0.3, -0.25) is 9.36 Å². The van der Waals surface area contributed by atoms with Gasteiger partial charge in [0.15, 0.2) is 0 Å². The predicted octanol–water partition coefficient (Wildman–Crippen LogP) is 0.710. The molecule has 0 bridgehead atoms. The van der Waals surface area contributed by atoms with E-state index in [0.717, 1.165) is 25.7 Å². The third kappa shape index (κ3) is 2.74. The molecule has 1 heterocycles.